The summed E-state index contributed by atoms with van der Waals surface area (Å²) in [5.41, 5.74) is 13.1. The molecule has 3 heteroatoms. The molecule has 0 radical (unpaired) electrons. The second kappa shape index (κ2) is 12.4. The van der Waals surface area contributed by atoms with Gasteiger partial charge in [0.1, 0.15) is 5.01 Å². The van der Waals surface area contributed by atoms with Crippen LogP contribution in [0.3, 0.4) is 0 Å². The lowest BCUT2D eigenvalue weighted by atomic mass is 9.79. The lowest BCUT2D eigenvalue weighted by molar-refractivity contribution is 0.568. The van der Waals surface area contributed by atoms with E-state index in [0.29, 0.717) is 0 Å². The first-order valence-electron chi connectivity index (χ1n) is 16.6. The average molecular weight is 635 g/mol. The molecule has 0 bridgehead atoms. The zero-order valence-corrected chi connectivity index (χ0v) is 30.1. The summed E-state index contributed by atoms with van der Waals surface area (Å²) in [5.74, 6) is 0. The maximum absolute atomic E-state index is 5.23. The summed E-state index contributed by atoms with van der Waals surface area (Å²) in [5, 5.41) is 0.981. The van der Waals surface area contributed by atoms with E-state index in [0.717, 1.165) is 32.9 Å². The zero-order valence-electron chi connectivity index (χ0n) is 29.3. The van der Waals surface area contributed by atoms with Gasteiger partial charge in [0.15, 0.2) is 0 Å². The number of hydrogen-bond acceptors (Lipinski definition) is 3. The molecular weight excluding hydrogens is 589 g/mol. The van der Waals surface area contributed by atoms with Crippen LogP contribution in [0.5, 0.6) is 0 Å². The number of fused-ring (bicyclic) bond motifs is 1. The van der Waals surface area contributed by atoms with E-state index in [-0.39, 0.29) is 16.2 Å². The first-order valence-corrected chi connectivity index (χ1v) is 17.4. The molecule has 5 aromatic carbocycles. The quantitative estimate of drug-likeness (QED) is 0.173. The topological polar surface area (TPSA) is 25.2 Å². The molecule has 0 saturated heterocycles. The number of aromatic nitrogens is 1. The standard InChI is InChI=1S/C44H46N2S/c1-42(2,3)33-23-21-31(22-24-33)30-17-19-32(20-18-30)36-14-12-16-39-40(36)46-41(47-39)37-13-10-11-15-38(37)45-28-29-25-34(43(4,5)6)27-35(26-29)44(7,8)9/h10-28H,1-9H3. The van der Waals surface area contributed by atoms with Crippen LogP contribution in [-0.4, -0.2) is 11.2 Å². The van der Waals surface area contributed by atoms with Crippen LogP contribution < -0.4 is 0 Å². The monoisotopic (exact) mass is 634 g/mol. The fourth-order valence-electron chi connectivity index (χ4n) is 5.80. The Balaban J connectivity index is 1.32. The number of thiazole rings is 1. The largest absolute Gasteiger partial charge is 0.256 e. The molecule has 0 saturated carbocycles. The van der Waals surface area contributed by atoms with Crippen molar-refractivity contribution in [2.75, 3.05) is 0 Å². The molecule has 0 N–H and O–H groups in total. The van der Waals surface area contributed by atoms with Gasteiger partial charge in [0.25, 0.3) is 0 Å². The SMILES string of the molecule is CC(C)(C)c1ccc(-c2ccc(-c3cccc4sc(-c5ccccc5N=Cc5cc(C(C)(C)C)cc(C(C)(C)C)c5)nc34)cc2)cc1. The third kappa shape index (κ3) is 7.16. The Bertz CT molecular complexity index is 2020. The molecule has 0 fully saturated rings. The van der Waals surface area contributed by atoms with Crippen molar-refractivity contribution in [3.8, 4) is 32.8 Å². The molecule has 0 amide bonds. The lowest BCUT2D eigenvalue weighted by Crippen LogP contribution is -2.17. The van der Waals surface area contributed by atoms with Crippen LogP contribution in [0, 0.1) is 0 Å². The minimum Gasteiger partial charge on any atom is -0.256 e. The molecule has 1 heterocycles. The second-order valence-corrected chi connectivity index (χ2v) is 16.7. The maximum Gasteiger partial charge on any atom is 0.126 e. The van der Waals surface area contributed by atoms with E-state index in [2.05, 4.69) is 172 Å². The molecule has 238 valence electrons. The highest BCUT2D eigenvalue weighted by atomic mass is 32.1. The molecule has 1 aromatic heterocycles. The van der Waals surface area contributed by atoms with Crippen molar-refractivity contribution in [2.45, 2.75) is 78.6 Å². The Morgan fingerprint density at radius 2 is 1.06 bits per heavy atom. The molecule has 0 aliphatic carbocycles. The average Bonchev–Trinajstić information content (AvgIpc) is 3.47. The number of rotatable bonds is 5. The summed E-state index contributed by atoms with van der Waals surface area (Å²) in [6.07, 6.45) is 2.01. The van der Waals surface area contributed by atoms with E-state index in [1.165, 1.54) is 38.1 Å². The van der Waals surface area contributed by atoms with Crippen molar-refractivity contribution in [2.24, 2.45) is 4.99 Å². The third-order valence-corrected chi connectivity index (χ3v) is 9.93. The molecule has 0 aliphatic heterocycles. The van der Waals surface area contributed by atoms with Crippen molar-refractivity contribution < 1.29 is 0 Å². The Hall–Kier alpha value is -4.34. The molecule has 0 atom stereocenters. The summed E-state index contributed by atoms with van der Waals surface area (Å²) < 4.78 is 1.17. The van der Waals surface area contributed by atoms with Gasteiger partial charge in [0.2, 0.25) is 0 Å². The van der Waals surface area contributed by atoms with E-state index in [1.54, 1.807) is 11.3 Å². The number of aliphatic imine (C=N–C) groups is 1. The van der Waals surface area contributed by atoms with Crippen LogP contribution >= 0.6 is 11.3 Å². The Morgan fingerprint density at radius 1 is 0.532 bits per heavy atom. The first kappa shape index (κ1) is 32.6. The second-order valence-electron chi connectivity index (χ2n) is 15.7. The molecule has 0 aliphatic rings. The minimum atomic E-state index is 0.0540. The Morgan fingerprint density at radius 3 is 1.66 bits per heavy atom. The van der Waals surface area contributed by atoms with Gasteiger partial charge in [0.05, 0.1) is 15.9 Å². The van der Waals surface area contributed by atoms with Crippen molar-refractivity contribution in [3.63, 3.8) is 0 Å². The molecular formula is C44H46N2S. The van der Waals surface area contributed by atoms with E-state index < -0.39 is 0 Å². The van der Waals surface area contributed by atoms with Crippen LogP contribution in [0.2, 0.25) is 0 Å². The smallest absolute Gasteiger partial charge is 0.126 e. The van der Waals surface area contributed by atoms with Gasteiger partial charge in [-0.3, -0.25) is 4.99 Å². The summed E-state index contributed by atoms with van der Waals surface area (Å²) in [6.45, 7) is 20.4. The minimum absolute atomic E-state index is 0.0540. The van der Waals surface area contributed by atoms with Gasteiger partial charge >= 0.3 is 0 Å². The molecule has 6 rings (SSSR count). The van der Waals surface area contributed by atoms with Crippen LogP contribution in [0.1, 0.15) is 84.6 Å². The van der Waals surface area contributed by atoms with Gasteiger partial charge in [0, 0.05) is 17.3 Å². The van der Waals surface area contributed by atoms with Crippen LogP contribution in [0.15, 0.2) is 114 Å². The lowest BCUT2D eigenvalue weighted by Gasteiger charge is -2.25. The van der Waals surface area contributed by atoms with E-state index in [9.17, 15) is 0 Å². The summed E-state index contributed by atoms with van der Waals surface area (Å²) in [4.78, 5) is 10.3. The number of nitrogens with zero attached hydrogens (tertiary/aromatic N) is 2. The molecule has 6 aromatic rings. The highest BCUT2D eigenvalue weighted by molar-refractivity contribution is 7.21. The fourth-order valence-corrected chi connectivity index (χ4v) is 6.83. The highest BCUT2D eigenvalue weighted by Gasteiger charge is 2.21. The van der Waals surface area contributed by atoms with Crippen molar-refractivity contribution >= 4 is 33.5 Å². The van der Waals surface area contributed by atoms with Gasteiger partial charge in [-0.2, -0.15) is 0 Å². The third-order valence-electron chi connectivity index (χ3n) is 8.87. The molecule has 0 spiro atoms. The van der Waals surface area contributed by atoms with Crippen LogP contribution in [0.4, 0.5) is 5.69 Å². The maximum atomic E-state index is 5.23. The predicted molar refractivity (Wildman–Crippen MR) is 206 cm³/mol. The normalized spacial score (nSPS) is 12.7. The Kier molecular flexibility index (Phi) is 8.57. The van der Waals surface area contributed by atoms with Gasteiger partial charge in [-0.15, -0.1) is 11.3 Å². The van der Waals surface area contributed by atoms with Gasteiger partial charge in [-0.1, -0.05) is 141 Å². The van der Waals surface area contributed by atoms with Crippen molar-refractivity contribution in [3.05, 3.63) is 131 Å². The Labute approximate surface area is 285 Å². The number of hydrogen-bond donors (Lipinski definition) is 0. The van der Waals surface area contributed by atoms with Gasteiger partial charge < -0.3 is 0 Å². The van der Waals surface area contributed by atoms with Gasteiger partial charge in [-0.25, -0.2) is 4.98 Å². The fraction of sp³-hybridized carbons (Fsp3) is 0.273. The highest BCUT2D eigenvalue weighted by Crippen LogP contribution is 2.40. The molecule has 2 nitrogen and oxygen atoms in total. The molecule has 0 unspecified atom stereocenters. The first-order chi connectivity index (χ1) is 22.2. The van der Waals surface area contributed by atoms with Gasteiger partial charge in [-0.05, 0) is 85.5 Å². The zero-order chi connectivity index (χ0) is 33.6. The summed E-state index contributed by atoms with van der Waals surface area (Å²) in [7, 11) is 0. The summed E-state index contributed by atoms with van der Waals surface area (Å²) >= 11 is 1.72. The van der Waals surface area contributed by atoms with Crippen molar-refractivity contribution in [1.82, 2.24) is 4.98 Å². The van der Waals surface area contributed by atoms with E-state index in [1.807, 2.05) is 6.21 Å². The van der Waals surface area contributed by atoms with Crippen LogP contribution in [0.25, 0.3) is 43.0 Å². The predicted octanol–water partition coefficient (Wildman–Crippen LogP) is 12.9. The summed E-state index contributed by atoms with van der Waals surface area (Å²) in [6, 6.07) is 39.6. The van der Waals surface area contributed by atoms with Crippen molar-refractivity contribution in [1.29, 1.82) is 0 Å². The number of benzene rings is 5. The molecule has 47 heavy (non-hydrogen) atoms. The van der Waals surface area contributed by atoms with E-state index >= 15 is 0 Å². The van der Waals surface area contributed by atoms with E-state index in [4.69, 9.17) is 9.98 Å². The van der Waals surface area contributed by atoms with Crippen LogP contribution in [-0.2, 0) is 16.2 Å². The number of para-hydroxylation sites is 2.